The molecule has 3 rings (SSSR count). The predicted octanol–water partition coefficient (Wildman–Crippen LogP) is 4.78. The molecule has 3 aromatic rings. The van der Waals surface area contributed by atoms with Gasteiger partial charge in [-0.25, -0.2) is 4.98 Å². The molecule has 6 nitrogen and oxygen atoms in total. The van der Waals surface area contributed by atoms with E-state index in [1.165, 1.54) is 29.7 Å². The molecule has 0 aliphatic carbocycles. The molecule has 12 heteroatoms. The van der Waals surface area contributed by atoms with Gasteiger partial charge in [-0.3, -0.25) is 10.1 Å². The zero-order valence-corrected chi connectivity index (χ0v) is 16.3. The number of nitrogens with zero attached hydrogens (tertiary/aromatic N) is 3. The van der Waals surface area contributed by atoms with E-state index in [0.29, 0.717) is 15.0 Å². The highest BCUT2D eigenvalue weighted by molar-refractivity contribution is 9.11. The molecule has 1 aromatic carbocycles. The fourth-order valence-electron chi connectivity index (χ4n) is 2.01. The van der Waals surface area contributed by atoms with Crippen molar-refractivity contribution < 1.29 is 22.7 Å². The maximum absolute atomic E-state index is 13.0. The molecule has 0 radical (unpaired) electrons. The number of alkyl halides is 3. The number of nitrogens with one attached hydrogen (secondary N) is 1. The molecule has 142 valence electrons. The molecule has 0 spiro atoms. The second-order valence-corrected chi connectivity index (χ2v) is 7.85. The lowest BCUT2D eigenvalue weighted by molar-refractivity contribution is -0.141. The van der Waals surface area contributed by atoms with E-state index in [1.807, 2.05) is 0 Å². The Balaban J connectivity index is 1.82. The van der Waals surface area contributed by atoms with Gasteiger partial charge >= 0.3 is 6.18 Å². The number of ether oxygens (including phenoxy) is 1. The van der Waals surface area contributed by atoms with E-state index in [9.17, 15) is 18.0 Å². The first-order valence-electron chi connectivity index (χ1n) is 7.20. The molecule has 0 unspecified atom stereocenters. The monoisotopic (exact) mass is 480 g/mol. The number of hydrogen-bond acceptors (Lipinski definition) is 5. The average Bonchev–Trinajstić information content (AvgIpc) is 3.19. The second kappa shape index (κ2) is 7.87. The van der Waals surface area contributed by atoms with Gasteiger partial charge in [-0.1, -0.05) is 35.1 Å². The standard InChI is InChI=1S/C15H9BrClF3N4O2S/c16-11-6-21-14(27-11)22-12(25)7-26-13-5-10(15(18,19)20)23-24(13)9-4-2-1-3-8(9)17/h1-6H,7H2,(H,21,22,25). The van der Waals surface area contributed by atoms with Crippen LogP contribution in [0.15, 0.2) is 40.3 Å². The number of aromatic nitrogens is 3. The van der Waals surface area contributed by atoms with E-state index in [2.05, 4.69) is 31.3 Å². The highest BCUT2D eigenvalue weighted by Gasteiger charge is 2.36. The lowest BCUT2D eigenvalue weighted by atomic mass is 10.3. The summed E-state index contributed by atoms with van der Waals surface area (Å²) in [5.41, 5.74) is -0.976. The van der Waals surface area contributed by atoms with Gasteiger partial charge in [0, 0.05) is 6.07 Å². The van der Waals surface area contributed by atoms with Crippen LogP contribution in [-0.4, -0.2) is 27.3 Å². The molecule has 0 fully saturated rings. The van der Waals surface area contributed by atoms with Gasteiger partial charge in [0.15, 0.2) is 17.4 Å². The molecule has 0 saturated carbocycles. The SMILES string of the molecule is O=C(COc1cc(C(F)(F)F)nn1-c1ccccc1Cl)Nc1ncc(Br)s1. The molecule has 2 heterocycles. The first kappa shape index (κ1) is 19.6. The summed E-state index contributed by atoms with van der Waals surface area (Å²) in [6, 6.07) is 6.90. The van der Waals surface area contributed by atoms with Gasteiger partial charge in [0.05, 0.1) is 20.7 Å². The number of amides is 1. The fourth-order valence-corrected chi connectivity index (χ4v) is 3.35. The maximum Gasteiger partial charge on any atom is 0.435 e. The van der Waals surface area contributed by atoms with Crippen molar-refractivity contribution >= 4 is 49.9 Å². The zero-order valence-electron chi connectivity index (χ0n) is 13.1. The van der Waals surface area contributed by atoms with Crippen LogP contribution >= 0.6 is 38.9 Å². The third kappa shape index (κ3) is 4.79. The van der Waals surface area contributed by atoms with Crippen LogP contribution in [0.3, 0.4) is 0 Å². The quantitative estimate of drug-likeness (QED) is 0.569. The molecule has 1 N–H and O–H groups in total. The Morgan fingerprint density at radius 1 is 1.37 bits per heavy atom. The molecule has 2 aromatic heterocycles. The van der Waals surface area contributed by atoms with Crippen LogP contribution in [0.1, 0.15) is 5.69 Å². The number of hydrogen-bond donors (Lipinski definition) is 1. The first-order valence-corrected chi connectivity index (χ1v) is 9.19. The summed E-state index contributed by atoms with van der Waals surface area (Å²) in [6.07, 6.45) is -3.18. The van der Waals surface area contributed by atoms with Gasteiger partial charge in [-0.2, -0.15) is 23.0 Å². The fraction of sp³-hybridized carbons (Fsp3) is 0.133. The van der Waals surface area contributed by atoms with Crippen molar-refractivity contribution in [3.63, 3.8) is 0 Å². The number of para-hydroxylation sites is 1. The number of benzene rings is 1. The Bertz CT molecular complexity index is 976. The lowest BCUT2D eigenvalue weighted by Gasteiger charge is -2.10. The van der Waals surface area contributed by atoms with Crippen molar-refractivity contribution in [2.45, 2.75) is 6.18 Å². The highest BCUT2D eigenvalue weighted by atomic mass is 79.9. The third-order valence-corrected chi connectivity index (χ3v) is 4.83. The number of carbonyl (C=O) groups is 1. The molecule has 1 amide bonds. The number of halogens is 5. The van der Waals surface area contributed by atoms with Crippen molar-refractivity contribution in [2.75, 3.05) is 11.9 Å². The van der Waals surface area contributed by atoms with E-state index < -0.39 is 24.4 Å². The van der Waals surface area contributed by atoms with Gasteiger partial charge in [0.2, 0.25) is 5.88 Å². The smallest absolute Gasteiger partial charge is 0.435 e. The van der Waals surface area contributed by atoms with Crippen LogP contribution < -0.4 is 10.1 Å². The van der Waals surface area contributed by atoms with E-state index >= 15 is 0 Å². The van der Waals surface area contributed by atoms with Crippen molar-refractivity contribution in [3.05, 3.63) is 51.0 Å². The summed E-state index contributed by atoms with van der Waals surface area (Å²) in [5, 5.41) is 6.49. The Morgan fingerprint density at radius 2 is 2.11 bits per heavy atom. The Morgan fingerprint density at radius 3 is 2.74 bits per heavy atom. The minimum atomic E-state index is -4.68. The second-order valence-electron chi connectivity index (χ2n) is 5.04. The number of rotatable bonds is 5. The Kier molecular flexibility index (Phi) is 5.72. The number of carbonyl (C=O) groups excluding carboxylic acids is 1. The summed E-state index contributed by atoms with van der Waals surface area (Å²) < 4.78 is 46.0. The summed E-state index contributed by atoms with van der Waals surface area (Å²) in [5.74, 6) is -0.858. The van der Waals surface area contributed by atoms with E-state index in [-0.39, 0.29) is 16.6 Å². The van der Waals surface area contributed by atoms with Crippen LogP contribution in [0.25, 0.3) is 5.69 Å². The average molecular weight is 482 g/mol. The summed E-state index contributed by atoms with van der Waals surface area (Å²) in [6.45, 7) is -0.537. The summed E-state index contributed by atoms with van der Waals surface area (Å²) in [4.78, 5) is 15.9. The van der Waals surface area contributed by atoms with Crippen LogP contribution in [0, 0.1) is 0 Å². The van der Waals surface area contributed by atoms with Crippen LogP contribution in [-0.2, 0) is 11.0 Å². The van der Waals surface area contributed by atoms with Gasteiger partial charge in [0.25, 0.3) is 5.91 Å². The van der Waals surface area contributed by atoms with Gasteiger partial charge < -0.3 is 4.74 Å². The molecule has 0 bridgehead atoms. The Hall–Kier alpha value is -2.11. The minimum absolute atomic E-state index is 0.177. The topological polar surface area (TPSA) is 69.0 Å². The molecule has 0 aliphatic rings. The van der Waals surface area contributed by atoms with E-state index in [0.717, 1.165) is 4.68 Å². The van der Waals surface area contributed by atoms with Crippen LogP contribution in [0.4, 0.5) is 18.3 Å². The van der Waals surface area contributed by atoms with Crippen LogP contribution in [0.2, 0.25) is 5.02 Å². The molecule has 0 atom stereocenters. The lowest BCUT2D eigenvalue weighted by Crippen LogP contribution is -2.21. The molecule has 27 heavy (non-hydrogen) atoms. The molecule has 0 aliphatic heterocycles. The van der Waals surface area contributed by atoms with Crippen molar-refractivity contribution in [2.24, 2.45) is 0 Å². The largest absolute Gasteiger partial charge is 0.467 e. The van der Waals surface area contributed by atoms with Crippen molar-refractivity contribution in [1.82, 2.24) is 14.8 Å². The van der Waals surface area contributed by atoms with E-state index in [4.69, 9.17) is 16.3 Å². The predicted molar refractivity (Wildman–Crippen MR) is 97.5 cm³/mol. The van der Waals surface area contributed by atoms with Gasteiger partial charge in [-0.15, -0.1) is 0 Å². The van der Waals surface area contributed by atoms with Gasteiger partial charge in [-0.05, 0) is 28.1 Å². The van der Waals surface area contributed by atoms with Crippen LogP contribution in [0.5, 0.6) is 5.88 Å². The van der Waals surface area contributed by atoms with Gasteiger partial charge in [0.1, 0.15) is 0 Å². The maximum atomic E-state index is 13.0. The molecular formula is C15H9BrClF3N4O2S. The normalized spacial score (nSPS) is 11.4. The zero-order chi connectivity index (χ0) is 19.6. The van der Waals surface area contributed by atoms with E-state index in [1.54, 1.807) is 12.1 Å². The number of anilines is 1. The minimum Gasteiger partial charge on any atom is -0.467 e. The Labute approximate surface area is 168 Å². The third-order valence-electron chi connectivity index (χ3n) is 3.12. The number of thiazole rings is 1. The van der Waals surface area contributed by atoms with Crippen molar-refractivity contribution in [1.29, 1.82) is 0 Å². The van der Waals surface area contributed by atoms with Crippen molar-refractivity contribution in [3.8, 4) is 11.6 Å². The summed E-state index contributed by atoms with van der Waals surface area (Å²) in [7, 11) is 0. The molecular weight excluding hydrogens is 473 g/mol. The molecule has 0 saturated heterocycles. The highest BCUT2D eigenvalue weighted by Crippen LogP contribution is 2.33. The summed E-state index contributed by atoms with van der Waals surface area (Å²) >= 11 is 10.4. The first-order chi connectivity index (χ1) is 12.7.